The second-order valence-electron chi connectivity index (χ2n) is 5.64. The van der Waals surface area contributed by atoms with Crippen LogP contribution in [-0.2, 0) is 19.1 Å². The smallest absolute Gasteiger partial charge is 0.364 e. The summed E-state index contributed by atoms with van der Waals surface area (Å²) >= 11 is 0. The lowest BCUT2D eigenvalue weighted by molar-refractivity contribution is -0.283. The number of carbonyl (C=O) groups is 3. The first-order valence-corrected chi connectivity index (χ1v) is 7.02. The van der Waals surface area contributed by atoms with Gasteiger partial charge in [-0.1, -0.05) is 0 Å². The molecule has 1 fully saturated rings. The van der Waals surface area contributed by atoms with E-state index in [4.69, 9.17) is 9.84 Å². The molecule has 0 aromatic rings. The van der Waals surface area contributed by atoms with Crippen LogP contribution >= 0.6 is 0 Å². The Labute approximate surface area is 132 Å². The van der Waals surface area contributed by atoms with Crippen LogP contribution in [0.2, 0.25) is 0 Å². The molecule has 10 nitrogen and oxygen atoms in total. The number of nitrogens with one attached hydrogen (secondary N) is 2. The van der Waals surface area contributed by atoms with Gasteiger partial charge in [-0.3, -0.25) is 9.59 Å². The third-order valence-corrected chi connectivity index (χ3v) is 3.53. The van der Waals surface area contributed by atoms with E-state index in [0.717, 1.165) is 0 Å². The molecule has 2 unspecified atom stereocenters. The Balaban J connectivity index is 3.21. The van der Waals surface area contributed by atoms with Crippen molar-refractivity contribution in [1.29, 1.82) is 0 Å². The molecule has 0 aromatic carbocycles. The molecule has 1 aliphatic rings. The van der Waals surface area contributed by atoms with Crippen molar-refractivity contribution in [2.24, 2.45) is 0 Å². The Morgan fingerprint density at radius 1 is 1.26 bits per heavy atom. The van der Waals surface area contributed by atoms with E-state index in [9.17, 15) is 29.7 Å². The maximum atomic E-state index is 11.3. The highest BCUT2D eigenvalue weighted by Crippen LogP contribution is 2.30. The first-order chi connectivity index (χ1) is 10.5. The van der Waals surface area contributed by atoms with Gasteiger partial charge in [0.1, 0.15) is 6.10 Å². The molecule has 0 aliphatic carbocycles. The highest BCUT2D eigenvalue weighted by atomic mass is 16.7. The summed E-state index contributed by atoms with van der Waals surface area (Å²) in [4.78, 5) is 33.8. The van der Waals surface area contributed by atoms with Gasteiger partial charge in [0.25, 0.3) is 5.79 Å². The third kappa shape index (κ3) is 4.61. The van der Waals surface area contributed by atoms with Crippen LogP contribution in [0.1, 0.15) is 27.2 Å². The average Bonchev–Trinajstić information content (AvgIpc) is 2.38. The number of aliphatic hydroxyl groups excluding tert-OH is 2. The Bertz CT molecular complexity index is 465. The lowest BCUT2D eigenvalue weighted by Crippen LogP contribution is -2.69. The van der Waals surface area contributed by atoms with Gasteiger partial charge in [-0.2, -0.15) is 0 Å². The molecule has 6 N–H and O–H groups in total. The van der Waals surface area contributed by atoms with Crippen LogP contribution < -0.4 is 10.6 Å². The van der Waals surface area contributed by atoms with Crippen LogP contribution in [0.4, 0.5) is 0 Å². The molecule has 6 atom stereocenters. The van der Waals surface area contributed by atoms with Crippen LogP contribution in [-0.4, -0.2) is 74.4 Å². The van der Waals surface area contributed by atoms with Crippen LogP contribution in [0, 0.1) is 0 Å². The van der Waals surface area contributed by atoms with Crippen molar-refractivity contribution >= 4 is 17.8 Å². The van der Waals surface area contributed by atoms with Crippen molar-refractivity contribution in [3.8, 4) is 0 Å². The minimum atomic E-state index is -2.70. The number of amides is 2. The lowest BCUT2D eigenvalue weighted by atomic mass is 9.87. The summed E-state index contributed by atoms with van der Waals surface area (Å²) in [6.07, 6.45) is -4.72. The lowest BCUT2D eigenvalue weighted by Gasteiger charge is -2.45. The minimum absolute atomic E-state index is 0.532. The Hall–Kier alpha value is -1.75. The topological polar surface area (TPSA) is 165 Å². The summed E-state index contributed by atoms with van der Waals surface area (Å²) in [7, 11) is 0. The summed E-state index contributed by atoms with van der Waals surface area (Å²) < 4.78 is 5.15. The summed E-state index contributed by atoms with van der Waals surface area (Å²) in [6, 6.07) is -2.29. The van der Waals surface area contributed by atoms with Crippen molar-refractivity contribution in [2.75, 3.05) is 0 Å². The molecule has 10 heteroatoms. The Morgan fingerprint density at radius 3 is 2.22 bits per heavy atom. The Kier molecular flexibility index (Phi) is 6.05. The van der Waals surface area contributed by atoms with Crippen LogP contribution in [0.25, 0.3) is 0 Å². The molecule has 1 rings (SSSR count). The van der Waals surface area contributed by atoms with Gasteiger partial charge in [-0.15, -0.1) is 0 Å². The van der Waals surface area contributed by atoms with Gasteiger partial charge in [0.2, 0.25) is 11.8 Å². The van der Waals surface area contributed by atoms with Crippen LogP contribution in [0.5, 0.6) is 0 Å². The van der Waals surface area contributed by atoms with E-state index in [1.165, 1.54) is 20.8 Å². The first-order valence-electron chi connectivity index (χ1n) is 7.02. The van der Waals surface area contributed by atoms with Gasteiger partial charge >= 0.3 is 5.97 Å². The fraction of sp³-hybridized carbons (Fsp3) is 0.769. The van der Waals surface area contributed by atoms with E-state index in [1.807, 2.05) is 0 Å². The summed E-state index contributed by atoms with van der Waals surface area (Å²) in [5.74, 6) is -5.50. The standard InChI is InChI=1S/C13H22N2O8/c1-5(16)9(14-6(2)17)11-10(15-7(3)18)8(19)4-13(22,23-11)12(20)21/h5,8-11,16,19,22H,4H2,1-3H3,(H,14,17)(H,15,18)(H,20,21)/t5-,8?,9-,10-,11?,13+/m1/s1. The normalized spacial score (nSPS) is 33.4. The van der Waals surface area contributed by atoms with Crippen molar-refractivity contribution in [3.63, 3.8) is 0 Å². The van der Waals surface area contributed by atoms with Gasteiger partial charge in [-0.05, 0) is 6.92 Å². The number of aliphatic carboxylic acids is 1. The average molecular weight is 334 g/mol. The number of carboxylic acid groups (broad SMARTS) is 1. The molecule has 23 heavy (non-hydrogen) atoms. The zero-order valence-corrected chi connectivity index (χ0v) is 13.0. The molecule has 0 bridgehead atoms. The molecule has 0 radical (unpaired) electrons. The molecule has 1 aliphatic heterocycles. The number of hydrogen-bond acceptors (Lipinski definition) is 7. The maximum absolute atomic E-state index is 11.3. The van der Waals surface area contributed by atoms with E-state index in [-0.39, 0.29) is 0 Å². The maximum Gasteiger partial charge on any atom is 0.364 e. The van der Waals surface area contributed by atoms with Gasteiger partial charge in [0, 0.05) is 20.3 Å². The molecule has 0 saturated carbocycles. The van der Waals surface area contributed by atoms with Crippen molar-refractivity contribution in [2.45, 2.75) is 63.4 Å². The molecule has 1 saturated heterocycles. The second-order valence-corrected chi connectivity index (χ2v) is 5.64. The van der Waals surface area contributed by atoms with E-state index < -0.39 is 60.4 Å². The van der Waals surface area contributed by atoms with E-state index in [2.05, 4.69) is 10.6 Å². The summed E-state index contributed by atoms with van der Waals surface area (Å²) in [6.45, 7) is 3.67. The zero-order valence-electron chi connectivity index (χ0n) is 13.0. The molecule has 0 spiro atoms. The van der Waals surface area contributed by atoms with Crippen molar-refractivity contribution in [1.82, 2.24) is 10.6 Å². The van der Waals surface area contributed by atoms with E-state index in [1.54, 1.807) is 0 Å². The third-order valence-electron chi connectivity index (χ3n) is 3.53. The highest BCUT2D eigenvalue weighted by molar-refractivity contribution is 5.76. The fourth-order valence-electron chi connectivity index (χ4n) is 2.54. The fourth-order valence-corrected chi connectivity index (χ4v) is 2.54. The zero-order chi connectivity index (χ0) is 17.9. The van der Waals surface area contributed by atoms with Crippen molar-refractivity contribution < 1.29 is 39.5 Å². The minimum Gasteiger partial charge on any atom is -0.477 e. The summed E-state index contributed by atoms with van der Waals surface area (Å²) in [5.41, 5.74) is 0. The van der Waals surface area contributed by atoms with Gasteiger partial charge < -0.3 is 35.8 Å². The predicted molar refractivity (Wildman–Crippen MR) is 75.0 cm³/mol. The van der Waals surface area contributed by atoms with Crippen LogP contribution in [0.3, 0.4) is 0 Å². The number of aliphatic hydroxyl groups is 3. The van der Waals surface area contributed by atoms with E-state index >= 15 is 0 Å². The molecular formula is C13H22N2O8. The monoisotopic (exact) mass is 334 g/mol. The number of carboxylic acids is 1. The number of hydrogen-bond donors (Lipinski definition) is 6. The van der Waals surface area contributed by atoms with E-state index in [0.29, 0.717) is 0 Å². The van der Waals surface area contributed by atoms with Gasteiger partial charge in [0.15, 0.2) is 0 Å². The Morgan fingerprint density at radius 2 is 1.83 bits per heavy atom. The SMILES string of the molecule is CC(=O)N[C@@H]1C(O)C[C@@](O)(C(=O)O)OC1[C@H](NC(C)=O)[C@@H](C)O. The highest BCUT2D eigenvalue weighted by Gasteiger charge is 2.53. The molecule has 2 amide bonds. The molecular weight excluding hydrogens is 312 g/mol. The van der Waals surface area contributed by atoms with Gasteiger partial charge in [-0.25, -0.2) is 4.79 Å². The number of carbonyl (C=O) groups excluding carboxylic acids is 2. The summed E-state index contributed by atoms with van der Waals surface area (Å²) in [5, 5.41) is 43.8. The molecule has 0 aromatic heterocycles. The molecule has 1 heterocycles. The van der Waals surface area contributed by atoms with Crippen molar-refractivity contribution in [3.05, 3.63) is 0 Å². The second kappa shape index (κ2) is 7.21. The quantitative estimate of drug-likeness (QED) is 0.316. The largest absolute Gasteiger partial charge is 0.477 e. The molecule has 132 valence electrons. The predicted octanol–water partition coefficient (Wildman–Crippen LogP) is -2.70. The van der Waals surface area contributed by atoms with Gasteiger partial charge in [0.05, 0.1) is 24.3 Å². The first kappa shape index (κ1) is 19.3. The van der Waals surface area contributed by atoms with Crippen LogP contribution in [0.15, 0.2) is 0 Å². The number of rotatable bonds is 5. The number of ether oxygens (including phenoxy) is 1.